The van der Waals surface area contributed by atoms with E-state index in [1.54, 1.807) is 31.5 Å². The molecule has 2 N–H and O–H groups in total. The number of hydrogen-bond acceptors (Lipinski definition) is 8. The summed E-state index contributed by atoms with van der Waals surface area (Å²) in [5.74, 6) is -0.444. The van der Waals surface area contributed by atoms with Crippen LogP contribution in [-0.4, -0.2) is 38.1 Å². The van der Waals surface area contributed by atoms with Gasteiger partial charge in [0.05, 0.1) is 47.0 Å². The molecule has 0 radical (unpaired) electrons. The van der Waals surface area contributed by atoms with E-state index in [9.17, 15) is 18.3 Å². The Morgan fingerprint density at radius 2 is 1.76 bits per heavy atom. The van der Waals surface area contributed by atoms with Gasteiger partial charge >= 0.3 is 0 Å². The van der Waals surface area contributed by atoms with Crippen molar-refractivity contribution < 1.29 is 18.3 Å². The molecule has 1 fully saturated rings. The predicted molar refractivity (Wildman–Crippen MR) is 135 cm³/mol. The van der Waals surface area contributed by atoms with Crippen LogP contribution in [-0.2, 0) is 5.60 Å². The lowest BCUT2D eigenvalue weighted by Gasteiger charge is -2.37. The zero-order chi connectivity index (χ0) is 26.9. The number of alkyl halides is 2. The van der Waals surface area contributed by atoms with Crippen molar-refractivity contribution in [2.24, 2.45) is 0 Å². The highest BCUT2D eigenvalue weighted by molar-refractivity contribution is 5.91. The van der Waals surface area contributed by atoms with Crippen LogP contribution in [0.5, 0.6) is 0 Å². The van der Waals surface area contributed by atoms with Gasteiger partial charge in [0.25, 0.3) is 6.43 Å². The van der Waals surface area contributed by atoms with Gasteiger partial charge in [-0.3, -0.25) is 9.97 Å². The topological polar surface area (TPSA) is 111 Å². The minimum Gasteiger partial charge on any atom is -0.383 e. The lowest BCUT2D eigenvalue weighted by molar-refractivity contribution is 0.00752. The third kappa shape index (κ3) is 4.82. The lowest BCUT2D eigenvalue weighted by atomic mass is 9.87. The number of aromatic nitrogens is 4. The second kappa shape index (κ2) is 10.2. The van der Waals surface area contributed by atoms with Gasteiger partial charge in [0.15, 0.2) is 0 Å². The number of halogens is 3. The summed E-state index contributed by atoms with van der Waals surface area (Å²) in [7, 11) is 0. The molecular formula is C27H24F3N7O. The molecule has 5 rings (SSSR count). The van der Waals surface area contributed by atoms with Crippen LogP contribution in [0.1, 0.15) is 54.6 Å². The van der Waals surface area contributed by atoms with Gasteiger partial charge in [-0.25, -0.2) is 23.1 Å². The minimum atomic E-state index is -2.91. The van der Waals surface area contributed by atoms with E-state index in [4.69, 9.17) is 5.26 Å². The summed E-state index contributed by atoms with van der Waals surface area (Å²) in [5, 5.41) is 24.3. The Balaban J connectivity index is 1.38. The molecule has 38 heavy (non-hydrogen) atoms. The molecule has 0 saturated carbocycles. The van der Waals surface area contributed by atoms with Gasteiger partial charge in [-0.15, -0.1) is 0 Å². The number of aliphatic hydroxyl groups is 1. The number of rotatable bonds is 6. The zero-order valence-corrected chi connectivity index (χ0v) is 20.4. The van der Waals surface area contributed by atoms with E-state index in [0.717, 1.165) is 6.07 Å². The number of anilines is 2. The average molecular weight is 520 g/mol. The van der Waals surface area contributed by atoms with Gasteiger partial charge < -0.3 is 15.3 Å². The minimum absolute atomic E-state index is 0.123. The van der Waals surface area contributed by atoms with Crippen LogP contribution in [0.25, 0.3) is 10.9 Å². The van der Waals surface area contributed by atoms with Crippen molar-refractivity contribution in [3.05, 3.63) is 83.3 Å². The molecule has 1 saturated heterocycles. The normalized spacial score (nSPS) is 15.9. The highest BCUT2D eigenvalue weighted by Crippen LogP contribution is 2.36. The summed E-state index contributed by atoms with van der Waals surface area (Å²) in [6.45, 7) is 2.66. The number of hydrogen-bond donors (Lipinski definition) is 2. The zero-order valence-electron chi connectivity index (χ0n) is 20.4. The van der Waals surface area contributed by atoms with E-state index in [1.807, 2.05) is 11.0 Å². The molecule has 0 spiro atoms. The summed E-state index contributed by atoms with van der Waals surface area (Å²) in [6.07, 6.45) is 3.92. The highest BCUT2D eigenvalue weighted by Gasteiger charge is 2.36. The molecule has 4 heterocycles. The van der Waals surface area contributed by atoms with Gasteiger partial charge in [-0.1, -0.05) is 18.2 Å². The number of piperidine rings is 1. The Kier molecular flexibility index (Phi) is 6.82. The Bertz CT molecular complexity index is 1500. The molecule has 0 aliphatic carbocycles. The maximum Gasteiger partial charge on any atom is 0.266 e. The van der Waals surface area contributed by atoms with Crippen LogP contribution in [0, 0.1) is 17.1 Å². The van der Waals surface area contributed by atoms with Crippen molar-refractivity contribution in [2.75, 3.05) is 23.3 Å². The van der Waals surface area contributed by atoms with Crippen LogP contribution < -0.4 is 10.2 Å². The fourth-order valence-electron chi connectivity index (χ4n) is 4.69. The fraction of sp³-hybridized carbons (Fsp3) is 0.296. The predicted octanol–water partition coefficient (Wildman–Crippen LogP) is 5.03. The molecule has 1 aliphatic heterocycles. The summed E-state index contributed by atoms with van der Waals surface area (Å²) >= 11 is 0. The molecule has 1 aliphatic rings. The third-order valence-electron chi connectivity index (χ3n) is 6.88. The van der Waals surface area contributed by atoms with E-state index >= 15 is 0 Å². The molecule has 8 nitrogen and oxygen atoms in total. The maximum atomic E-state index is 14.7. The Morgan fingerprint density at radius 1 is 1.05 bits per heavy atom. The number of nitrogens with one attached hydrogen (secondary N) is 1. The van der Waals surface area contributed by atoms with E-state index in [1.165, 1.54) is 24.5 Å². The van der Waals surface area contributed by atoms with Gasteiger partial charge in [0.2, 0.25) is 5.95 Å². The standard InChI is InChI=1S/C27H24F3N7O/c1-16(18-3-2-4-19(24(18)28)25(29)30)36-21-5-8-32-22-15-33-23(11-20(21)22)27(38)6-9-37(10-7-27)26-34-13-17(12-31)14-35-26/h2-5,8,11,13-16,25,38H,6-7,9-10H2,1H3,(H,32,36)/t16-/m1/s1. The average Bonchev–Trinajstić information content (AvgIpc) is 2.93. The number of nitriles is 1. The van der Waals surface area contributed by atoms with Crippen molar-refractivity contribution in [3.8, 4) is 6.07 Å². The first-order chi connectivity index (χ1) is 18.3. The first-order valence-corrected chi connectivity index (χ1v) is 12.1. The van der Waals surface area contributed by atoms with Crippen LogP contribution in [0.4, 0.5) is 24.8 Å². The van der Waals surface area contributed by atoms with Crippen LogP contribution in [0.2, 0.25) is 0 Å². The van der Waals surface area contributed by atoms with Crippen molar-refractivity contribution in [1.82, 2.24) is 19.9 Å². The summed E-state index contributed by atoms with van der Waals surface area (Å²) in [4.78, 5) is 19.2. The van der Waals surface area contributed by atoms with E-state index < -0.39 is 29.4 Å². The molecule has 0 amide bonds. The van der Waals surface area contributed by atoms with E-state index in [2.05, 4.69) is 25.3 Å². The molecule has 1 aromatic carbocycles. The number of nitrogens with zero attached hydrogens (tertiary/aromatic N) is 6. The molecule has 194 valence electrons. The van der Waals surface area contributed by atoms with Crippen molar-refractivity contribution in [1.29, 1.82) is 5.26 Å². The second-order valence-electron chi connectivity index (χ2n) is 9.26. The molecule has 0 unspecified atom stereocenters. The largest absolute Gasteiger partial charge is 0.383 e. The fourth-order valence-corrected chi connectivity index (χ4v) is 4.69. The van der Waals surface area contributed by atoms with Crippen LogP contribution in [0.15, 0.2) is 55.1 Å². The highest BCUT2D eigenvalue weighted by atomic mass is 19.3. The number of fused-ring (bicyclic) bond motifs is 1. The van der Waals surface area contributed by atoms with Gasteiger partial charge in [0.1, 0.15) is 17.5 Å². The molecule has 11 heteroatoms. The SMILES string of the molecule is C[C@@H](Nc1ccnc2cnc(C3(O)CCN(c4ncc(C#N)cn4)CC3)cc12)c1cccc(C(F)F)c1F. The number of pyridine rings is 2. The van der Waals surface area contributed by atoms with E-state index in [0.29, 0.717) is 59.7 Å². The maximum absolute atomic E-state index is 14.7. The lowest BCUT2D eigenvalue weighted by Crippen LogP contribution is -2.43. The Hall–Kier alpha value is -4.30. The van der Waals surface area contributed by atoms with Crippen LogP contribution in [0.3, 0.4) is 0 Å². The summed E-state index contributed by atoms with van der Waals surface area (Å²) in [6, 6.07) is 8.82. The molecule has 3 aromatic heterocycles. The van der Waals surface area contributed by atoms with Gasteiger partial charge in [-0.2, -0.15) is 5.26 Å². The number of benzene rings is 1. The monoisotopic (exact) mass is 519 g/mol. The summed E-state index contributed by atoms with van der Waals surface area (Å²) < 4.78 is 41.1. The van der Waals surface area contributed by atoms with Crippen molar-refractivity contribution >= 4 is 22.5 Å². The molecule has 4 aromatic rings. The van der Waals surface area contributed by atoms with Crippen LogP contribution >= 0.6 is 0 Å². The third-order valence-corrected chi connectivity index (χ3v) is 6.88. The van der Waals surface area contributed by atoms with E-state index in [-0.39, 0.29) is 5.56 Å². The smallest absolute Gasteiger partial charge is 0.266 e. The Morgan fingerprint density at radius 3 is 2.45 bits per heavy atom. The summed E-state index contributed by atoms with van der Waals surface area (Å²) in [5.41, 5.74) is 0.313. The van der Waals surface area contributed by atoms with Gasteiger partial charge in [0, 0.05) is 35.9 Å². The first kappa shape index (κ1) is 25.4. The molecule has 1 atom stereocenters. The quantitative estimate of drug-likeness (QED) is 0.365. The second-order valence-corrected chi connectivity index (χ2v) is 9.26. The first-order valence-electron chi connectivity index (χ1n) is 12.1. The molecular weight excluding hydrogens is 495 g/mol. The molecule has 0 bridgehead atoms. The van der Waals surface area contributed by atoms with Gasteiger partial charge in [-0.05, 0) is 31.9 Å². The van der Waals surface area contributed by atoms with Crippen molar-refractivity contribution in [3.63, 3.8) is 0 Å². The van der Waals surface area contributed by atoms with Crippen molar-refractivity contribution in [2.45, 2.75) is 37.8 Å². The Labute approximate surface area is 216 Å².